The first-order valence-electron chi connectivity index (χ1n) is 3.84. The van der Waals surface area contributed by atoms with Crippen molar-refractivity contribution in [3.05, 3.63) is 27.7 Å². The third kappa shape index (κ3) is 2.31. The number of halogens is 4. The van der Waals surface area contributed by atoms with Gasteiger partial charge in [-0.3, -0.25) is 4.79 Å². The van der Waals surface area contributed by atoms with Crippen molar-refractivity contribution in [2.75, 3.05) is 0 Å². The summed E-state index contributed by atoms with van der Waals surface area (Å²) in [6.45, 7) is 1.08. The Kier molecular flexibility index (Phi) is 3.08. The molecule has 0 amide bonds. The highest BCUT2D eigenvalue weighted by Gasteiger charge is 2.35. The minimum absolute atomic E-state index is 0.139. The highest BCUT2D eigenvalue weighted by Crippen LogP contribution is 2.40. The van der Waals surface area contributed by atoms with E-state index >= 15 is 0 Å². The number of aromatic hydroxyl groups is 1. The molecule has 0 aromatic heterocycles. The molecule has 0 aliphatic rings. The summed E-state index contributed by atoms with van der Waals surface area (Å²) in [5.41, 5.74) is -1.57. The second-order valence-electron chi connectivity index (χ2n) is 2.87. The summed E-state index contributed by atoms with van der Waals surface area (Å²) in [5, 5.41) is 9.30. The molecule has 0 aliphatic heterocycles. The van der Waals surface area contributed by atoms with Crippen molar-refractivity contribution in [2.24, 2.45) is 0 Å². The van der Waals surface area contributed by atoms with E-state index in [0.29, 0.717) is 6.07 Å². The van der Waals surface area contributed by atoms with Gasteiger partial charge in [-0.2, -0.15) is 13.2 Å². The lowest BCUT2D eigenvalue weighted by Gasteiger charge is -2.12. The smallest absolute Gasteiger partial charge is 0.419 e. The highest BCUT2D eigenvalue weighted by molar-refractivity contribution is 9.10. The minimum Gasteiger partial charge on any atom is -0.507 e. The molecule has 82 valence electrons. The lowest BCUT2D eigenvalue weighted by atomic mass is 10.1. The van der Waals surface area contributed by atoms with Gasteiger partial charge in [0.2, 0.25) is 0 Å². The van der Waals surface area contributed by atoms with Crippen molar-refractivity contribution in [2.45, 2.75) is 13.1 Å². The molecule has 1 aromatic rings. The first-order chi connectivity index (χ1) is 6.75. The Labute approximate surface area is 91.8 Å². The predicted octanol–water partition coefficient (Wildman–Crippen LogP) is 3.38. The van der Waals surface area contributed by atoms with Crippen molar-refractivity contribution >= 4 is 21.7 Å². The number of rotatable bonds is 1. The van der Waals surface area contributed by atoms with Gasteiger partial charge < -0.3 is 5.11 Å². The molecule has 2 nitrogen and oxygen atoms in total. The molecule has 0 saturated carbocycles. The molecule has 0 bridgehead atoms. The van der Waals surface area contributed by atoms with Gasteiger partial charge in [0, 0.05) is 4.47 Å². The SMILES string of the molecule is CC(=O)c1c(Br)ccc(C(F)(F)F)c1O. The van der Waals surface area contributed by atoms with Gasteiger partial charge in [-0.05, 0) is 35.0 Å². The molecular formula is C9H6BrF3O2. The van der Waals surface area contributed by atoms with E-state index in [0.717, 1.165) is 13.0 Å². The maximum absolute atomic E-state index is 12.3. The monoisotopic (exact) mass is 282 g/mol. The van der Waals surface area contributed by atoms with Crippen LogP contribution in [0.4, 0.5) is 13.2 Å². The van der Waals surface area contributed by atoms with E-state index in [-0.39, 0.29) is 10.0 Å². The van der Waals surface area contributed by atoms with Crippen LogP contribution >= 0.6 is 15.9 Å². The van der Waals surface area contributed by atoms with Crippen molar-refractivity contribution in [3.63, 3.8) is 0 Å². The number of hydrogen-bond acceptors (Lipinski definition) is 2. The summed E-state index contributed by atoms with van der Waals surface area (Å²) in [6.07, 6.45) is -4.67. The fraction of sp³-hybridized carbons (Fsp3) is 0.222. The first-order valence-corrected chi connectivity index (χ1v) is 4.64. The maximum Gasteiger partial charge on any atom is 0.419 e. The maximum atomic E-state index is 12.3. The van der Waals surface area contributed by atoms with Crippen LogP contribution in [0.3, 0.4) is 0 Å². The summed E-state index contributed by atoms with van der Waals surface area (Å²) in [4.78, 5) is 11.0. The molecule has 0 radical (unpaired) electrons. The second-order valence-corrected chi connectivity index (χ2v) is 3.73. The zero-order chi connectivity index (χ0) is 11.8. The topological polar surface area (TPSA) is 37.3 Å². The highest BCUT2D eigenvalue weighted by atomic mass is 79.9. The van der Waals surface area contributed by atoms with Gasteiger partial charge in [-0.15, -0.1) is 0 Å². The van der Waals surface area contributed by atoms with Gasteiger partial charge in [-0.25, -0.2) is 0 Å². The second kappa shape index (κ2) is 3.84. The Balaban J connectivity index is 3.49. The summed E-state index contributed by atoms with van der Waals surface area (Å²) in [5.74, 6) is -1.67. The van der Waals surface area contributed by atoms with Gasteiger partial charge in [0.15, 0.2) is 5.78 Å². The van der Waals surface area contributed by atoms with Gasteiger partial charge in [0.1, 0.15) is 5.75 Å². The summed E-state index contributed by atoms with van der Waals surface area (Å²) in [7, 11) is 0. The quantitative estimate of drug-likeness (QED) is 0.802. The zero-order valence-electron chi connectivity index (χ0n) is 7.52. The number of alkyl halides is 3. The van der Waals surface area contributed by atoms with Crippen molar-refractivity contribution in [1.29, 1.82) is 0 Å². The number of hydrogen-bond donors (Lipinski definition) is 1. The van der Waals surface area contributed by atoms with Crippen LogP contribution in [0.1, 0.15) is 22.8 Å². The molecule has 0 unspecified atom stereocenters. The van der Waals surface area contributed by atoms with Crippen LogP contribution in [0.25, 0.3) is 0 Å². The van der Waals surface area contributed by atoms with E-state index in [1.54, 1.807) is 0 Å². The molecule has 6 heteroatoms. The fourth-order valence-electron chi connectivity index (χ4n) is 1.13. The Morgan fingerprint density at radius 3 is 2.33 bits per heavy atom. The van der Waals surface area contributed by atoms with Gasteiger partial charge >= 0.3 is 6.18 Å². The molecule has 0 atom stereocenters. The molecule has 0 fully saturated rings. The van der Waals surface area contributed by atoms with Gasteiger partial charge in [-0.1, -0.05) is 0 Å². The first kappa shape index (κ1) is 12.0. The number of carbonyl (C=O) groups excluding carboxylic acids is 1. The Bertz CT molecular complexity index is 413. The van der Waals surface area contributed by atoms with Crippen LogP contribution in [0.15, 0.2) is 16.6 Å². The molecule has 1 rings (SSSR count). The van der Waals surface area contributed by atoms with Crippen LogP contribution in [-0.2, 0) is 6.18 Å². The summed E-state index contributed by atoms with van der Waals surface area (Å²) >= 11 is 2.90. The van der Waals surface area contributed by atoms with Gasteiger partial charge in [0.05, 0.1) is 11.1 Å². The molecule has 0 aliphatic carbocycles. The number of carbonyl (C=O) groups is 1. The van der Waals surface area contributed by atoms with E-state index in [1.165, 1.54) is 0 Å². The molecule has 0 spiro atoms. The van der Waals surface area contributed by atoms with Crippen molar-refractivity contribution < 1.29 is 23.1 Å². The van der Waals surface area contributed by atoms with Crippen molar-refractivity contribution in [1.82, 2.24) is 0 Å². The Morgan fingerprint density at radius 1 is 1.40 bits per heavy atom. The van der Waals surface area contributed by atoms with Crippen LogP contribution in [0, 0.1) is 0 Å². The number of Topliss-reactive ketones (excluding diaryl/α,β-unsaturated/α-hetero) is 1. The molecule has 0 saturated heterocycles. The third-order valence-corrected chi connectivity index (χ3v) is 2.45. The van der Waals surface area contributed by atoms with Crippen LogP contribution in [-0.4, -0.2) is 10.9 Å². The minimum atomic E-state index is -4.67. The molecular weight excluding hydrogens is 277 g/mol. The van der Waals surface area contributed by atoms with Gasteiger partial charge in [0.25, 0.3) is 0 Å². The number of benzene rings is 1. The molecule has 15 heavy (non-hydrogen) atoms. The lowest BCUT2D eigenvalue weighted by molar-refractivity contribution is -0.138. The van der Waals surface area contributed by atoms with Crippen LogP contribution < -0.4 is 0 Å². The van der Waals surface area contributed by atoms with E-state index in [1.807, 2.05) is 0 Å². The number of phenols is 1. The zero-order valence-corrected chi connectivity index (χ0v) is 9.11. The number of ketones is 1. The lowest BCUT2D eigenvalue weighted by Crippen LogP contribution is -2.08. The summed E-state index contributed by atoms with van der Waals surface area (Å²) < 4.78 is 37.2. The van der Waals surface area contributed by atoms with Crippen LogP contribution in [0.5, 0.6) is 5.75 Å². The summed E-state index contributed by atoms with van der Waals surface area (Å²) in [6, 6.07) is 1.80. The Hall–Kier alpha value is -1.04. The Morgan fingerprint density at radius 2 is 1.93 bits per heavy atom. The third-order valence-electron chi connectivity index (χ3n) is 1.78. The molecule has 1 aromatic carbocycles. The van der Waals surface area contributed by atoms with Crippen molar-refractivity contribution in [3.8, 4) is 5.75 Å². The fourth-order valence-corrected chi connectivity index (χ4v) is 1.73. The van der Waals surface area contributed by atoms with Crippen LogP contribution in [0.2, 0.25) is 0 Å². The van der Waals surface area contributed by atoms with E-state index < -0.39 is 23.3 Å². The standard InChI is InChI=1S/C9H6BrF3O2/c1-4(14)7-6(10)3-2-5(8(7)15)9(11,12)13/h2-3,15H,1H3. The van der Waals surface area contributed by atoms with E-state index in [2.05, 4.69) is 15.9 Å². The molecule has 0 heterocycles. The average Bonchev–Trinajstić information content (AvgIpc) is 2.00. The largest absolute Gasteiger partial charge is 0.507 e. The average molecular weight is 283 g/mol. The van der Waals surface area contributed by atoms with E-state index in [4.69, 9.17) is 0 Å². The van der Waals surface area contributed by atoms with E-state index in [9.17, 15) is 23.1 Å². The molecule has 1 N–H and O–H groups in total. The predicted molar refractivity (Wildman–Crippen MR) is 50.8 cm³/mol. The number of phenolic OH excluding ortho intramolecular Hbond substituents is 1. The normalized spacial score (nSPS) is 11.5.